The van der Waals surface area contributed by atoms with Crippen molar-refractivity contribution in [1.29, 1.82) is 0 Å². The third kappa shape index (κ3) is 11.5. The van der Waals surface area contributed by atoms with Crippen molar-refractivity contribution in [3.05, 3.63) is 96.2 Å². The lowest BCUT2D eigenvalue weighted by atomic mass is 10.0. The number of amides is 7. The summed E-state index contributed by atoms with van der Waals surface area (Å²) < 4.78 is 47.6. The molecule has 20 nitrogen and oxygen atoms in total. The first-order valence-corrected chi connectivity index (χ1v) is 21.4. The molecule has 1 unspecified atom stereocenters. The number of anilines is 7. The number of fused-ring (bicyclic) bond motifs is 1. The van der Waals surface area contributed by atoms with Gasteiger partial charge in [-0.05, 0) is 61.4 Å². The molecule has 3 aliphatic rings. The predicted molar refractivity (Wildman–Crippen MR) is 243 cm³/mol. The zero-order valence-corrected chi connectivity index (χ0v) is 36.6. The Morgan fingerprint density at radius 1 is 0.897 bits per heavy atom. The molecule has 0 saturated carbocycles. The predicted octanol–water partition coefficient (Wildman–Crippen LogP) is 3.37. The topological polar surface area (TPSA) is 248 Å². The van der Waals surface area contributed by atoms with Crippen molar-refractivity contribution < 1.29 is 51.5 Å². The van der Waals surface area contributed by atoms with Gasteiger partial charge in [0, 0.05) is 80.7 Å². The summed E-state index contributed by atoms with van der Waals surface area (Å²) in [7, 11) is 1.46. The lowest BCUT2D eigenvalue weighted by Crippen LogP contribution is -2.54. The number of ether oxygens (including phenoxy) is 1. The number of nitrogens with zero attached hydrogens (tertiary/aromatic N) is 5. The minimum absolute atomic E-state index is 0.00516. The van der Waals surface area contributed by atoms with Crippen LogP contribution >= 0.6 is 0 Å². The Labute approximate surface area is 387 Å². The van der Waals surface area contributed by atoms with E-state index in [1.807, 2.05) is 11.0 Å². The maximum absolute atomic E-state index is 14.0. The molecular formula is C45H47F3N12O8. The van der Waals surface area contributed by atoms with Gasteiger partial charge in [0.25, 0.3) is 11.8 Å². The Bertz CT molecular complexity index is 2640. The van der Waals surface area contributed by atoms with Gasteiger partial charge in [-0.25, -0.2) is 4.98 Å². The smallest absolute Gasteiger partial charge is 0.421 e. The zero-order valence-electron chi connectivity index (χ0n) is 36.6. The number of halogens is 3. The summed E-state index contributed by atoms with van der Waals surface area (Å²) in [4.78, 5) is 100. The summed E-state index contributed by atoms with van der Waals surface area (Å²) in [5.41, 5.74) is 1.07. The van der Waals surface area contributed by atoms with E-state index in [1.54, 1.807) is 36.4 Å². The van der Waals surface area contributed by atoms with E-state index in [4.69, 9.17) is 4.74 Å². The number of alkyl halides is 3. The van der Waals surface area contributed by atoms with Crippen molar-refractivity contribution in [3.63, 3.8) is 0 Å². The molecule has 68 heavy (non-hydrogen) atoms. The van der Waals surface area contributed by atoms with Crippen LogP contribution in [0, 0.1) is 0 Å². The van der Waals surface area contributed by atoms with Gasteiger partial charge in [0.2, 0.25) is 35.5 Å². The fraction of sp³-hybridized carbons (Fsp3) is 0.311. The molecule has 4 heterocycles. The second-order valence-corrected chi connectivity index (χ2v) is 15.7. The number of hydrogen-bond acceptors (Lipinski definition) is 15. The number of aromatic nitrogens is 2. The van der Waals surface area contributed by atoms with E-state index in [0.717, 1.165) is 16.7 Å². The van der Waals surface area contributed by atoms with Gasteiger partial charge in [0.15, 0.2) is 0 Å². The van der Waals surface area contributed by atoms with Crippen LogP contribution in [-0.2, 0) is 30.1 Å². The highest BCUT2D eigenvalue weighted by atomic mass is 19.4. The van der Waals surface area contributed by atoms with Gasteiger partial charge in [0.05, 0.1) is 37.0 Å². The van der Waals surface area contributed by atoms with Gasteiger partial charge in [-0.2, -0.15) is 18.2 Å². The molecule has 0 spiro atoms. The first-order chi connectivity index (χ1) is 32.6. The van der Waals surface area contributed by atoms with Gasteiger partial charge < -0.3 is 41.5 Å². The molecule has 1 atom stereocenters. The lowest BCUT2D eigenvalue weighted by Gasteiger charge is -2.36. The van der Waals surface area contributed by atoms with Crippen molar-refractivity contribution in [2.75, 3.05) is 85.6 Å². The van der Waals surface area contributed by atoms with Gasteiger partial charge in [-0.3, -0.25) is 48.7 Å². The molecule has 4 aromatic rings. The van der Waals surface area contributed by atoms with Crippen LogP contribution in [0.5, 0.6) is 5.75 Å². The molecule has 1 aromatic heterocycles. The standard InChI is InChI=1S/C45H47F3N12O8/c1-3-35(61)53-26-7-4-8-27(21-26)54-40-30(45(46,47)48)23-52-44(57-40)55-31-12-11-28(22-34(31)68-2)59-19-17-58(18-20-59)25-38(64)50-16-6-15-49-37(63)24-51-32-10-5-9-29-39(32)43(67)60(42(29)66)33-13-14-36(62)56-41(33)65/h3-5,7-12,21-23,33,51H,1,6,13-20,24-25H2,2H3,(H,49,63)(H,50,64)(H,53,61)(H,56,62,65)(H2,52,54,55,57). The monoisotopic (exact) mass is 940 g/mol. The van der Waals surface area contributed by atoms with Crippen LogP contribution in [0.4, 0.5) is 53.4 Å². The van der Waals surface area contributed by atoms with E-state index in [0.29, 0.717) is 62.5 Å². The molecule has 0 radical (unpaired) electrons. The van der Waals surface area contributed by atoms with Crippen LogP contribution in [0.15, 0.2) is 79.5 Å². The molecule has 7 N–H and O–H groups in total. The molecule has 7 amide bonds. The molecular weight excluding hydrogens is 894 g/mol. The highest BCUT2D eigenvalue weighted by molar-refractivity contribution is 6.25. The van der Waals surface area contributed by atoms with Gasteiger partial charge in [-0.15, -0.1) is 0 Å². The average Bonchev–Trinajstić information content (AvgIpc) is 3.56. The molecule has 3 aromatic carbocycles. The second-order valence-electron chi connectivity index (χ2n) is 15.7. The highest BCUT2D eigenvalue weighted by Gasteiger charge is 2.45. The third-order valence-electron chi connectivity index (χ3n) is 11.1. The van der Waals surface area contributed by atoms with Crippen molar-refractivity contribution >= 4 is 81.6 Å². The van der Waals surface area contributed by atoms with Crippen LogP contribution in [-0.4, -0.2) is 127 Å². The number of imide groups is 2. The number of piperidine rings is 1. The summed E-state index contributed by atoms with van der Waals surface area (Å²) in [6, 6.07) is 14.8. The molecule has 3 aliphatic heterocycles. The Hall–Kier alpha value is -8.08. The van der Waals surface area contributed by atoms with Crippen molar-refractivity contribution in [2.45, 2.75) is 31.5 Å². The maximum atomic E-state index is 14.0. The van der Waals surface area contributed by atoms with E-state index in [1.165, 1.54) is 25.3 Å². The SMILES string of the molecule is C=CC(=O)Nc1cccc(Nc2nc(Nc3ccc(N4CCN(CC(=O)NCCCNC(=O)CNc5cccc6c5C(=O)N(C5CCC(=O)NC5=O)C6=O)CC4)cc3OC)ncc2C(F)(F)F)c1. The van der Waals surface area contributed by atoms with Crippen LogP contribution in [0.2, 0.25) is 0 Å². The number of piperazine rings is 1. The van der Waals surface area contributed by atoms with Crippen LogP contribution < -0.4 is 46.9 Å². The second kappa shape index (κ2) is 21.0. The Morgan fingerprint density at radius 2 is 1.63 bits per heavy atom. The lowest BCUT2D eigenvalue weighted by molar-refractivity contribution is -0.138. The Balaban J connectivity index is 0.833. The number of hydrogen-bond donors (Lipinski definition) is 7. The summed E-state index contributed by atoms with van der Waals surface area (Å²) in [5.74, 6) is -3.86. The third-order valence-corrected chi connectivity index (χ3v) is 11.1. The number of benzene rings is 3. The Morgan fingerprint density at radius 3 is 2.35 bits per heavy atom. The van der Waals surface area contributed by atoms with Crippen molar-refractivity contribution in [1.82, 2.24) is 35.7 Å². The van der Waals surface area contributed by atoms with Gasteiger partial charge in [-0.1, -0.05) is 18.7 Å². The Kier molecular flexibility index (Phi) is 14.8. The van der Waals surface area contributed by atoms with E-state index < -0.39 is 53.1 Å². The van der Waals surface area contributed by atoms with Crippen molar-refractivity contribution in [3.8, 4) is 5.75 Å². The van der Waals surface area contributed by atoms with Crippen molar-refractivity contribution in [2.24, 2.45) is 0 Å². The summed E-state index contributed by atoms with van der Waals surface area (Å²) >= 11 is 0. The summed E-state index contributed by atoms with van der Waals surface area (Å²) in [5, 5.41) is 18.8. The minimum atomic E-state index is -4.78. The van der Waals surface area contributed by atoms with Gasteiger partial charge >= 0.3 is 6.18 Å². The number of methoxy groups -OCH3 is 1. The molecule has 23 heteroatoms. The van der Waals surface area contributed by atoms with E-state index in [2.05, 4.69) is 58.7 Å². The molecule has 7 rings (SSSR count). The van der Waals surface area contributed by atoms with Crippen LogP contribution in [0.3, 0.4) is 0 Å². The number of carbonyl (C=O) groups excluding carboxylic acids is 7. The fourth-order valence-corrected chi connectivity index (χ4v) is 7.72. The van der Waals surface area contributed by atoms with E-state index in [-0.39, 0.29) is 72.7 Å². The molecule has 0 aliphatic carbocycles. The zero-order chi connectivity index (χ0) is 48.5. The molecule has 356 valence electrons. The van der Waals surface area contributed by atoms with Crippen LogP contribution in [0.25, 0.3) is 0 Å². The van der Waals surface area contributed by atoms with E-state index >= 15 is 0 Å². The minimum Gasteiger partial charge on any atom is -0.494 e. The summed E-state index contributed by atoms with van der Waals surface area (Å²) in [6.45, 7) is 6.26. The average molecular weight is 941 g/mol. The fourth-order valence-electron chi connectivity index (χ4n) is 7.72. The summed E-state index contributed by atoms with van der Waals surface area (Å²) in [6.07, 6.45) is -2.58. The quantitative estimate of drug-likeness (QED) is 0.0430. The molecule has 2 saturated heterocycles. The number of rotatable bonds is 18. The molecule has 0 bridgehead atoms. The largest absolute Gasteiger partial charge is 0.494 e. The first-order valence-electron chi connectivity index (χ1n) is 21.4. The van der Waals surface area contributed by atoms with Crippen LogP contribution in [0.1, 0.15) is 45.5 Å². The number of carbonyl (C=O) groups is 7. The normalized spacial score (nSPS) is 16.1. The van der Waals surface area contributed by atoms with Gasteiger partial charge in [0.1, 0.15) is 23.2 Å². The highest BCUT2D eigenvalue weighted by Crippen LogP contribution is 2.37. The number of nitrogens with one attached hydrogen (secondary N) is 7. The molecule has 2 fully saturated rings. The maximum Gasteiger partial charge on any atom is 0.421 e. The van der Waals surface area contributed by atoms with E-state index in [9.17, 15) is 46.7 Å². The first kappa shape index (κ1) is 47.9.